The molecule has 0 bridgehead atoms. The third-order valence-electron chi connectivity index (χ3n) is 4.24. The molecule has 2 aromatic rings. The lowest BCUT2D eigenvalue weighted by atomic mass is 10.2. The number of carbonyl (C=O) groups excluding carboxylic acids is 1. The first-order valence-electron chi connectivity index (χ1n) is 8.03. The summed E-state index contributed by atoms with van der Waals surface area (Å²) in [5.41, 5.74) is 1.47. The predicted molar refractivity (Wildman–Crippen MR) is 98.2 cm³/mol. The molecule has 7 heteroatoms. The van der Waals surface area contributed by atoms with Crippen LogP contribution in [0.25, 0.3) is 0 Å². The standard InChI is InChI=1S/C18H19ClN2O3S/c1-13-9-10-16(15(19)12-13)20-18(22)17-8-5-11-21(17)25(23,24)14-6-3-2-4-7-14/h2-4,6-7,9-10,12,17H,5,8,11H2,1H3,(H,20,22). The Kier molecular flexibility index (Phi) is 5.13. The number of nitrogens with zero attached hydrogens (tertiary/aromatic N) is 1. The van der Waals surface area contributed by atoms with Gasteiger partial charge in [-0.2, -0.15) is 4.31 Å². The van der Waals surface area contributed by atoms with Gasteiger partial charge in [0.25, 0.3) is 0 Å². The second kappa shape index (κ2) is 7.15. The molecule has 132 valence electrons. The van der Waals surface area contributed by atoms with Crippen LogP contribution in [0.2, 0.25) is 5.02 Å². The Morgan fingerprint density at radius 2 is 1.92 bits per heavy atom. The van der Waals surface area contributed by atoms with Crippen molar-refractivity contribution >= 4 is 33.2 Å². The molecule has 0 spiro atoms. The molecule has 0 aliphatic carbocycles. The van der Waals surface area contributed by atoms with Crippen molar-refractivity contribution in [2.75, 3.05) is 11.9 Å². The Labute approximate surface area is 152 Å². The first-order valence-corrected chi connectivity index (χ1v) is 9.85. The zero-order valence-corrected chi connectivity index (χ0v) is 15.3. The van der Waals surface area contributed by atoms with Crippen molar-refractivity contribution in [2.45, 2.75) is 30.7 Å². The van der Waals surface area contributed by atoms with Crippen molar-refractivity contribution in [3.8, 4) is 0 Å². The van der Waals surface area contributed by atoms with Gasteiger partial charge in [0, 0.05) is 6.54 Å². The second-order valence-corrected chi connectivity index (χ2v) is 8.36. The minimum absolute atomic E-state index is 0.197. The summed E-state index contributed by atoms with van der Waals surface area (Å²) in [7, 11) is -3.70. The summed E-state index contributed by atoms with van der Waals surface area (Å²) >= 11 is 6.16. The molecule has 1 heterocycles. The molecule has 2 aromatic carbocycles. The van der Waals surface area contributed by atoms with E-state index in [4.69, 9.17) is 11.6 Å². The molecule has 1 unspecified atom stereocenters. The minimum Gasteiger partial charge on any atom is -0.323 e. The first-order chi connectivity index (χ1) is 11.9. The van der Waals surface area contributed by atoms with Crippen LogP contribution in [0.5, 0.6) is 0 Å². The maximum Gasteiger partial charge on any atom is 0.243 e. The fraction of sp³-hybridized carbons (Fsp3) is 0.278. The lowest BCUT2D eigenvalue weighted by Crippen LogP contribution is -2.43. The number of benzene rings is 2. The van der Waals surface area contributed by atoms with Gasteiger partial charge in [0.2, 0.25) is 15.9 Å². The molecular weight excluding hydrogens is 360 g/mol. The Hall–Kier alpha value is -1.89. The van der Waals surface area contributed by atoms with E-state index >= 15 is 0 Å². The molecule has 1 atom stereocenters. The van der Waals surface area contributed by atoms with Crippen molar-refractivity contribution in [3.05, 3.63) is 59.1 Å². The summed E-state index contributed by atoms with van der Waals surface area (Å²) in [5, 5.41) is 3.19. The molecule has 1 amide bonds. The summed E-state index contributed by atoms with van der Waals surface area (Å²) < 4.78 is 26.9. The van der Waals surface area contributed by atoms with Gasteiger partial charge < -0.3 is 5.32 Å². The van der Waals surface area contributed by atoms with Gasteiger partial charge in [-0.1, -0.05) is 35.9 Å². The number of halogens is 1. The number of aryl methyl sites for hydroxylation is 1. The average Bonchev–Trinajstić information content (AvgIpc) is 3.09. The van der Waals surface area contributed by atoms with Crippen LogP contribution in [-0.4, -0.2) is 31.2 Å². The number of sulfonamides is 1. The molecule has 3 rings (SSSR count). The lowest BCUT2D eigenvalue weighted by molar-refractivity contribution is -0.119. The Morgan fingerprint density at radius 3 is 2.60 bits per heavy atom. The number of hydrogen-bond acceptors (Lipinski definition) is 3. The molecular formula is C18H19ClN2O3S. The Balaban J connectivity index is 1.83. The van der Waals surface area contributed by atoms with Gasteiger partial charge in [0.1, 0.15) is 6.04 Å². The highest BCUT2D eigenvalue weighted by Crippen LogP contribution is 2.28. The van der Waals surface area contributed by atoms with Gasteiger partial charge in [-0.05, 0) is 49.6 Å². The molecule has 0 saturated carbocycles. The molecule has 5 nitrogen and oxygen atoms in total. The molecule has 1 N–H and O–H groups in total. The number of amides is 1. The monoisotopic (exact) mass is 378 g/mol. The summed E-state index contributed by atoms with van der Waals surface area (Å²) in [6.07, 6.45) is 1.13. The van der Waals surface area contributed by atoms with Gasteiger partial charge in [0.05, 0.1) is 15.6 Å². The van der Waals surface area contributed by atoms with E-state index in [2.05, 4.69) is 5.32 Å². The van der Waals surface area contributed by atoms with E-state index < -0.39 is 16.1 Å². The smallest absolute Gasteiger partial charge is 0.243 e. The van der Waals surface area contributed by atoms with Gasteiger partial charge >= 0.3 is 0 Å². The van der Waals surface area contributed by atoms with Crippen LogP contribution in [0, 0.1) is 6.92 Å². The van der Waals surface area contributed by atoms with E-state index in [-0.39, 0.29) is 10.8 Å². The van der Waals surface area contributed by atoms with Crippen LogP contribution in [0.1, 0.15) is 18.4 Å². The molecule has 0 aromatic heterocycles. The van der Waals surface area contributed by atoms with Crippen LogP contribution in [0.3, 0.4) is 0 Å². The molecule has 1 aliphatic heterocycles. The van der Waals surface area contributed by atoms with Crippen LogP contribution in [0.4, 0.5) is 5.69 Å². The van der Waals surface area contributed by atoms with Crippen molar-refractivity contribution < 1.29 is 13.2 Å². The third kappa shape index (κ3) is 3.71. The number of anilines is 1. The molecule has 1 fully saturated rings. The van der Waals surface area contributed by atoms with E-state index in [0.717, 1.165) is 5.56 Å². The predicted octanol–water partition coefficient (Wildman–Crippen LogP) is 3.44. The highest BCUT2D eigenvalue weighted by atomic mass is 35.5. The highest BCUT2D eigenvalue weighted by Gasteiger charge is 2.39. The topological polar surface area (TPSA) is 66.5 Å². The Morgan fingerprint density at radius 1 is 1.20 bits per heavy atom. The summed E-state index contributed by atoms with van der Waals surface area (Å²) in [6.45, 7) is 2.24. The number of rotatable bonds is 4. The zero-order chi connectivity index (χ0) is 18.0. The van der Waals surface area contributed by atoms with E-state index in [0.29, 0.717) is 30.1 Å². The minimum atomic E-state index is -3.70. The highest BCUT2D eigenvalue weighted by molar-refractivity contribution is 7.89. The lowest BCUT2D eigenvalue weighted by Gasteiger charge is -2.23. The first kappa shape index (κ1) is 17.9. The average molecular weight is 379 g/mol. The van der Waals surface area contributed by atoms with Crippen molar-refractivity contribution in [1.82, 2.24) is 4.31 Å². The van der Waals surface area contributed by atoms with Gasteiger partial charge in [-0.15, -0.1) is 0 Å². The number of hydrogen-bond donors (Lipinski definition) is 1. The quantitative estimate of drug-likeness (QED) is 0.886. The van der Waals surface area contributed by atoms with Crippen LogP contribution >= 0.6 is 11.6 Å². The maximum absolute atomic E-state index is 12.8. The molecule has 1 aliphatic rings. The maximum atomic E-state index is 12.8. The van der Waals surface area contributed by atoms with Gasteiger partial charge in [0.15, 0.2) is 0 Å². The van der Waals surface area contributed by atoms with Crippen LogP contribution < -0.4 is 5.32 Å². The van der Waals surface area contributed by atoms with Crippen molar-refractivity contribution in [3.63, 3.8) is 0 Å². The van der Waals surface area contributed by atoms with E-state index in [1.165, 1.54) is 4.31 Å². The fourth-order valence-corrected chi connectivity index (χ4v) is 4.92. The van der Waals surface area contributed by atoms with E-state index in [9.17, 15) is 13.2 Å². The summed E-state index contributed by atoms with van der Waals surface area (Å²) in [6, 6.07) is 12.8. The van der Waals surface area contributed by atoms with Crippen molar-refractivity contribution in [2.24, 2.45) is 0 Å². The van der Waals surface area contributed by atoms with Gasteiger partial charge in [-0.25, -0.2) is 8.42 Å². The molecule has 25 heavy (non-hydrogen) atoms. The molecule has 0 radical (unpaired) electrons. The SMILES string of the molecule is Cc1ccc(NC(=O)C2CCCN2S(=O)(=O)c2ccccc2)c(Cl)c1. The third-order valence-corrected chi connectivity index (χ3v) is 6.47. The number of nitrogens with one attached hydrogen (secondary N) is 1. The summed E-state index contributed by atoms with van der Waals surface area (Å²) in [5.74, 6) is -0.359. The second-order valence-electron chi connectivity index (χ2n) is 6.06. The fourth-order valence-electron chi connectivity index (χ4n) is 2.96. The van der Waals surface area contributed by atoms with Gasteiger partial charge in [-0.3, -0.25) is 4.79 Å². The zero-order valence-electron chi connectivity index (χ0n) is 13.8. The largest absolute Gasteiger partial charge is 0.323 e. The Bertz CT molecular complexity index is 884. The van der Waals surface area contributed by atoms with E-state index in [1.807, 2.05) is 13.0 Å². The van der Waals surface area contributed by atoms with Crippen molar-refractivity contribution in [1.29, 1.82) is 0 Å². The van der Waals surface area contributed by atoms with E-state index in [1.54, 1.807) is 42.5 Å². The number of carbonyl (C=O) groups is 1. The van der Waals surface area contributed by atoms with Crippen LogP contribution in [0.15, 0.2) is 53.4 Å². The molecule has 1 saturated heterocycles. The summed E-state index contributed by atoms with van der Waals surface area (Å²) in [4.78, 5) is 12.9. The van der Waals surface area contributed by atoms with Crippen LogP contribution in [-0.2, 0) is 14.8 Å². The normalized spacial score (nSPS) is 18.2.